The number of hydrogen-bond acceptors (Lipinski definition) is 12. The molecule has 0 aliphatic rings. The van der Waals surface area contributed by atoms with Crippen LogP contribution >= 0.6 is 0 Å². The minimum atomic E-state index is -1.56. The Bertz CT molecular complexity index is 1930. The van der Waals surface area contributed by atoms with Gasteiger partial charge in [0.25, 0.3) is 0 Å². The molecular weight excluding hydrogens is 787 g/mol. The molecule has 3 amide bonds. The predicted octanol–water partition coefficient (Wildman–Crippen LogP) is 5.29. The number of hydrogen-bond donors (Lipinski definition) is 1. The number of nitrogens with one attached hydrogen (secondary N) is 1. The summed E-state index contributed by atoms with van der Waals surface area (Å²) >= 11 is 0. The van der Waals surface area contributed by atoms with Gasteiger partial charge < -0.3 is 38.8 Å². The average molecular weight is 838 g/mol. The SMILES string of the molecule is CC(C)(C)OC(=O)NC(CCC(=O)N(CC(=O)OCc1ccccc1)CC(=O)OCc1ccccc1)C(=O)N(CC(=O)OCc1ccccc1)CC(=O)OCc1ccccc1. The number of alkyl carbamates (subject to hydrolysis) is 1. The summed E-state index contributed by atoms with van der Waals surface area (Å²) in [5, 5.41) is 2.46. The second-order valence-corrected chi connectivity index (χ2v) is 14.8. The molecule has 0 spiro atoms. The molecule has 0 radical (unpaired) electrons. The van der Waals surface area contributed by atoms with E-state index in [4.69, 9.17) is 23.7 Å². The summed E-state index contributed by atoms with van der Waals surface area (Å²) in [6.07, 6.45) is -1.95. The normalized spacial score (nSPS) is 11.3. The van der Waals surface area contributed by atoms with Gasteiger partial charge in [0.05, 0.1) is 0 Å². The Labute approximate surface area is 354 Å². The van der Waals surface area contributed by atoms with Crippen LogP contribution in [0.15, 0.2) is 121 Å². The highest BCUT2D eigenvalue weighted by Crippen LogP contribution is 2.13. The third-order valence-electron chi connectivity index (χ3n) is 8.55. The van der Waals surface area contributed by atoms with Gasteiger partial charge in [0.15, 0.2) is 0 Å². The minimum Gasteiger partial charge on any atom is -0.459 e. The Morgan fingerprint density at radius 1 is 0.492 bits per heavy atom. The smallest absolute Gasteiger partial charge is 0.408 e. The van der Waals surface area contributed by atoms with Crippen molar-refractivity contribution in [1.29, 1.82) is 0 Å². The molecule has 4 aromatic rings. The van der Waals surface area contributed by atoms with E-state index in [9.17, 15) is 33.6 Å². The average Bonchev–Trinajstić information content (AvgIpc) is 3.25. The van der Waals surface area contributed by atoms with Crippen molar-refractivity contribution in [2.45, 2.75) is 71.7 Å². The first-order chi connectivity index (χ1) is 29.2. The fourth-order valence-electron chi connectivity index (χ4n) is 5.56. The van der Waals surface area contributed by atoms with Gasteiger partial charge in [-0.1, -0.05) is 121 Å². The summed E-state index contributed by atoms with van der Waals surface area (Å²) in [7, 11) is 0. The molecule has 0 aliphatic heterocycles. The highest BCUT2D eigenvalue weighted by atomic mass is 16.6. The second kappa shape index (κ2) is 24.1. The first kappa shape index (κ1) is 46.7. The van der Waals surface area contributed by atoms with Crippen molar-refractivity contribution in [3.63, 3.8) is 0 Å². The van der Waals surface area contributed by atoms with E-state index < -0.39 is 92.4 Å². The summed E-state index contributed by atoms with van der Waals surface area (Å²) in [6.45, 7) is 1.67. The maximum atomic E-state index is 14.3. The Balaban J connectivity index is 1.53. The monoisotopic (exact) mass is 837 g/mol. The molecular formula is C46H51N3O12. The van der Waals surface area contributed by atoms with E-state index >= 15 is 0 Å². The lowest BCUT2D eigenvalue weighted by molar-refractivity contribution is -0.156. The highest BCUT2D eigenvalue weighted by Gasteiger charge is 2.33. The Kier molecular flexibility index (Phi) is 18.5. The number of nitrogens with zero attached hydrogens (tertiary/aromatic N) is 2. The summed E-state index contributed by atoms with van der Waals surface area (Å²) in [5.41, 5.74) is 1.76. The number of ether oxygens (including phenoxy) is 5. The molecule has 0 aromatic heterocycles. The Hall–Kier alpha value is -7.03. The Morgan fingerprint density at radius 2 is 0.803 bits per heavy atom. The first-order valence-corrected chi connectivity index (χ1v) is 19.6. The van der Waals surface area contributed by atoms with E-state index in [1.54, 1.807) is 142 Å². The van der Waals surface area contributed by atoms with Crippen molar-refractivity contribution >= 4 is 41.8 Å². The maximum Gasteiger partial charge on any atom is 0.408 e. The van der Waals surface area contributed by atoms with E-state index in [-0.39, 0.29) is 26.4 Å². The molecule has 322 valence electrons. The largest absolute Gasteiger partial charge is 0.459 e. The lowest BCUT2D eigenvalue weighted by Gasteiger charge is -2.28. The molecule has 61 heavy (non-hydrogen) atoms. The number of benzene rings is 4. The lowest BCUT2D eigenvalue weighted by Crippen LogP contribution is -2.52. The van der Waals surface area contributed by atoms with Crippen LogP contribution in [0, 0.1) is 0 Å². The quantitative estimate of drug-likeness (QED) is 0.0847. The zero-order valence-corrected chi connectivity index (χ0v) is 34.5. The van der Waals surface area contributed by atoms with E-state index in [1.165, 1.54) is 0 Å². The van der Waals surface area contributed by atoms with Gasteiger partial charge in [-0.3, -0.25) is 28.8 Å². The predicted molar refractivity (Wildman–Crippen MR) is 221 cm³/mol. The van der Waals surface area contributed by atoms with Crippen molar-refractivity contribution in [2.75, 3.05) is 26.2 Å². The van der Waals surface area contributed by atoms with Crippen LogP contribution in [0.3, 0.4) is 0 Å². The molecule has 4 rings (SSSR count). The van der Waals surface area contributed by atoms with Gasteiger partial charge in [0, 0.05) is 6.42 Å². The molecule has 0 bridgehead atoms. The molecule has 15 nitrogen and oxygen atoms in total. The van der Waals surface area contributed by atoms with Gasteiger partial charge in [-0.25, -0.2) is 4.79 Å². The van der Waals surface area contributed by atoms with Crippen LogP contribution in [0.25, 0.3) is 0 Å². The third-order valence-corrected chi connectivity index (χ3v) is 8.55. The maximum absolute atomic E-state index is 14.3. The van der Waals surface area contributed by atoms with E-state index in [0.29, 0.717) is 22.3 Å². The first-order valence-electron chi connectivity index (χ1n) is 19.6. The van der Waals surface area contributed by atoms with Gasteiger partial charge in [0.2, 0.25) is 11.8 Å². The zero-order chi connectivity index (χ0) is 44.0. The summed E-state index contributed by atoms with van der Waals surface area (Å²) in [6, 6.07) is 33.7. The molecule has 1 unspecified atom stereocenters. The number of amides is 3. The van der Waals surface area contributed by atoms with Crippen molar-refractivity contribution in [3.05, 3.63) is 144 Å². The van der Waals surface area contributed by atoms with Crippen molar-refractivity contribution < 1.29 is 57.2 Å². The van der Waals surface area contributed by atoms with Crippen LogP contribution in [-0.2, 0) is 78.9 Å². The fourth-order valence-corrected chi connectivity index (χ4v) is 5.56. The Morgan fingerprint density at radius 3 is 1.11 bits per heavy atom. The van der Waals surface area contributed by atoms with Gasteiger partial charge >= 0.3 is 30.0 Å². The second-order valence-electron chi connectivity index (χ2n) is 14.8. The van der Waals surface area contributed by atoms with Crippen LogP contribution in [0.2, 0.25) is 0 Å². The van der Waals surface area contributed by atoms with E-state index in [1.807, 2.05) is 0 Å². The standard InChI is InChI=1S/C46H51N3O12/c1-46(2,3)61-45(56)47-38(44(55)49(28-42(53)59-32-36-20-12-6-13-21-36)29-43(54)60-33-37-22-14-7-15-23-37)24-25-39(50)48(26-40(51)57-30-34-16-8-4-9-17-34)27-41(52)58-31-35-18-10-5-11-19-35/h4-23,38H,24-33H2,1-3H3,(H,47,56). The molecule has 15 heteroatoms. The summed E-state index contributed by atoms with van der Waals surface area (Å²) in [5.74, 6) is -5.08. The zero-order valence-electron chi connectivity index (χ0n) is 34.5. The van der Waals surface area contributed by atoms with Crippen LogP contribution < -0.4 is 5.32 Å². The molecule has 1 atom stereocenters. The van der Waals surface area contributed by atoms with Gasteiger partial charge in [-0.2, -0.15) is 0 Å². The van der Waals surface area contributed by atoms with Crippen LogP contribution in [0.4, 0.5) is 4.79 Å². The number of rotatable bonds is 21. The third kappa shape index (κ3) is 18.2. The topological polar surface area (TPSA) is 184 Å². The van der Waals surface area contributed by atoms with Crippen LogP contribution in [0.5, 0.6) is 0 Å². The molecule has 0 heterocycles. The lowest BCUT2D eigenvalue weighted by atomic mass is 10.1. The van der Waals surface area contributed by atoms with Crippen molar-refractivity contribution in [2.24, 2.45) is 0 Å². The summed E-state index contributed by atoms with van der Waals surface area (Å²) in [4.78, 5) is 95.4. The van der Waals surface area contributed by atoms with Gasteiger partial charge in [-0.05, 0) is 49.4 Å². The molecule has 0 saturated heterocycles. The van der Waals surface area contributed by atoms with Crippen LogP contribution in [0.1, 0.15) is 55.9 Å². The van der Waals surface area contributed by atoms with Crippen molar-refractivity contribution in [3.8, 4) is 0 Å². The van der Waals surface area contributed by atoms with Gasteiger partial charge in [0.1, 0.15) is 64.2 Å². The molecule has 1 N–H and O–H groups in total. The highest BCUT2D eigenvalue weighted by molar-refractivity contribution is 5.92. The molecule has 0 aliphatic carbocycles. The van der Waals surface area contributed by atoms with E-state index in [2.05, 4.69) is 5.32 Å². The van der Waals surface area contributed by atoms with E-state index in [0.717, 1.165) is 9.80 Å². The number of carbonyl (C=O) groups is 7. The van der Waals surface area contributed by atoms with Gasteiger partial charge in [-0.15, -0.1) is 0 Å². The minimum absolute atomic E-state index is 0.0893. The van der Waals surface area contributed by atoms with Crippen LogP contribution in [-0.4, -0.2) is 89.4 Å². The number of esters is 4. The molecule has 4 aromatic carbocycles. The molecule has 0 fully saturated rings. The van der Waals surface area contributed by atoms with Crippen molar-refractivity contribution in [1.82, 2.24) is 15.1 Å². The fraction of sp³-hybridized carbons (Fsp3) is 0.326. The molecule has 0 saturated carbocycles. The summed E-state index contributed by atoms with van der Waals surface area (Å²) < 4.78 is 27.0. The number of carbonyl (C=O) groups excluding carboxylic acids is 7.